The normalized spacial score (nSPS) is 17.2. The molecule has 2 aromatic heterocycles. The molecule has 1 fully saturated rings. The highest BCUT2D eigenvalue weighted by Gasteiger charge is 2.14. The molecule has 0 atom stereocenters. The molecule has 0 radical (unpaired) electrons. The van der Waals surface area contributed by atoms with Gasteiger partial charge in [-0.3, -0.25) is 4.90 Å². The molecule has 20 heavy (non-hydrogen) atoms. The number of aromatic nitrogens is 3. The summed E-state index contributed by atoms with van der Waals surface area (Å²) in [5.74, 6) is 1.43. The van der Waals surface area contributed by atoms with Crippen LogP contribution in [0.3, 0.4) is 0 Å². The van der Waals surface area contributed by atoms with Crippen molar-refractivity contribution in [3.8, 4) is 0 Å². The summed E-state index contributed by atoms with van der Waals surface area (Å²) in [5, 5.41) is 10.5. The SMILES string of the molecule is Cc1csc(Cc2noc(CN3CCCNCC3)n2)n1. The average molecular weight is 293 g/mol. The highest BCUT2D eigenvalue weighted by atomic mass is 32.1. The number of aryl methyl sites for hydroxylation is 1. The quantitative estimate of drug-likeness (QED) is 0.914. The lowest BCUT2D eigenvalue weighted by Crippen LogP contribution is -2.27. The van der Waals surface area contributed by atoms with Crippen molar-refractivity contribution in [3.63, 3.8) is 0 Å². The van der Waals surface area contributed by atoms with Gasteiger partial charge in [-0.1, -0.05) is 5.16 Å². The molecule has 1 saturated heterocycles. The number of nitrogens with one attached hydrogen (secondary N) is 1. The van der Waals surface area contributed by atoms with Gasteiger partial charge >= 0.3 is 0 Å². The molecule has 0 amide bonds. The molecule has 2 aromatic rings. The Morgan fingerprint density at radius 3 is 3.15 bits per heavy atom. The molecule has 1 aliphatic rings. The van der Waals surface area contributed by atoms with E-state index in [0.29, 0.717) is 12.3 Å². The summed E-state index contributed by atoms with van der Waals surface area (Å²) in [4.78, 5) is 11.2. The minimum absolute atomic E-state index is 0.656. The Morgan fingerprint density at radius 2 is 2.30 bits per heavy atom. The zero-order valence-corrected chi connectivity index (χ0v) is 12.4. The van der Waals surface area contributed by atoms with Crippen molar-refractivity contribution in [2.75, 3.05) is 26.2 Å². The van der Waals surface area contributed by atoms with Crippen LogP contribution < -0.4 is 5.32 Å². The number of rotatable bonds is 4. The molecule has 7 heteroatoms. The van der Waals surface area contributed by atoms with E-state index in [1.807, 2.05) is 12.3 Å². The summed E-state index contributed by atoms with van der Waals surface area (Å²) >= 11 is 1.64. The molecule has 0 spiro atoms. The highest BCUT2D eigenvalue weighted by molar-refractivity contribution is 7.09. The van der Waals surface area contributed by atoms with Crippen molar-refractivity contribution < 1.29 is 4.52 Å². The second kappa shape index (κ2) is 6.43. The van der Waals surface area contributed by atoms with E-state index in [1.54, 1.807) is 11.3 Å². The maximum atomic E-state index is 5.34. The largest absolute Gasteiger partial charge is 0.338 e. The van der Waals surface area contributed by atoms with E-state index in [2.05, 4.69) is 25.3 Å². The number of nitrogens with zero attached hydrogens (tertiary/aromatic N) is 4. The van der Waals surface area contributed by atoms with Crippen molar-refractivity contribution in [2.24, 2.45) is 0 Å². The molecule has 108 valence electrons. The van der Waals surface area contributed by atoms with Crippen LogP contribution in [0, 0.1) is 6.92 Å². The van der Waals surface area contributed by atoms with Crippen LogP contribution in [0.5, 0.6) is 0 Å². The molecular weight excluding hydrogens is 274 g/mol. The van der Waals surface area contributed by atoms with E-state index in [0.717, 1.165) is 49.2 Å². The fraction of sp³-hybridized carbons (Fsp3) is 0.615. The lowest BCUT2D eigenvalue weighted by Gasteiger charge is -2.16. The van der Waals surface area contributed by atoms with E-state index < -0.39 is 0 Å². The first-order valence-electron chi connectivity index (χ1n) is 6.95. The summed E-state index contributed by atoms with van der Waals surface area (Å²) < 4.78 is 5.34. The van der Waals surface area contributed by atoms with Gasteiger partial charge in [0.15, 0.2) is 5.82 Å². The summed E-state index contributed by atoms with van der Waals surface area (Å²) in [7, 11) is 0. The summed E-state index contributed by atoms with van der Waals surface area (Å²) in [6, 6.07) is 0. The van der Waals surface area contributed by atoms with Gasteiger partial charge < -0.3 is 9.84 Å². The van der Waals surface area contributed by atoms with Gasteiger partial charge in [-0.05, 0) is 26.4 Å². The molecular formula is C13H19N5OS. The smallest absolute Gasteiger partial charge is 0.240 e. The van der Waals surface area contributed by atoms with Crippen molar-refractivity contribution in [1.82, 2.24) is 25.3 Å². The molecule has 0 unspecified atom stereocenters. The lowest BCUT2D eigenvalue weighted by atomic mass is 10.4. The Balaban J connectivity index is 1.58. The van der Waals surface area contributed by atoms with Gasteiger partial charge in [-0.15, -0.1) is 11.3 Å². The second-order valence-electron chi connectivity index (χ2n) is 5.04. The maximum Gasteiger partial charge on any atom is 0.240 e. The molecule has 0 aliphatic carbocycles. The van der Waals surface area contributed by atoms with Crippen LogP contribution in [-0.4, -0.2) is 46.2 Å². The summed E-state index contributed by atoms with van der Waals surface area (Å²) in [5.41, 5.74) is 1.05. The predicted molar refractivity (Wildman–Crippen MR) is 76.7 cm³/mol. The topological polar surface area (TPSA) is 67.1 Å². The molecule has 3 heterocycles. The fourth-order valence-electron chi connectivity index (χ4n) is 2.30. The zero-order chi connectivity index (χ0) is 13.8. The first-order chi connectivity index (χ1) is 9.79. The van der Waals surface area contributed by atoms with Gasteiger partial charge in [0.2, 0.25) is 5.89 Å². The van der Waals surface area contributed by atoms with Crippen molar-refractivity contribution in [2.45, 2.75) is 26.3 Å². The molecule has 0 aromatic carbocycles. The fourth-order valence-corrected chi connectivity index (χ4v) is 3.06. The monoisotopic (exact) mass is 293 g/mol. The molecule has 1 N–H and O–H groups in total. The predicted octanol–water partition coefficient (Wildman–Crippen LogP) is 1.22. The standard InChI is InChI=1S/C13H19N5OS/c1-10-9-20-13(15-10)7-11-16-12(19-17-11)8-18-5-2-3-14-4-6-18/h9,14H,2-8H2,1H3. The molecule has 0 bridgehead atoms. The van der Waals surface area contributed by atoms with Crippen molar-refractivity contribution in [3.05, 3.63) is 27.8 Å². The second-order valence-corrected chi connectivity index (χ2v) is 5.99. The van der Waals surface area contributed by atoms with E-state index in [1.165, 1.54) is 6.42 Å². The Labute approximate surface area is 122 Å². The van der Waals surface area contributed by atoms with E-state index in [-0.39, 0.29) is 0 Å². The van der Waals surface area contributed by atoms with E-state index >= 15 is 0 Å². The zero-order valence-electron chi connectivity index (χ0n) is 11.6. The summed E-state index contributed by atoms with van der Waals surface area (Å²) in [6.45, 7) is 6.97. The van der Waals surface area contributed by atoms with Gasteiger partial charge in [0.25, 0.3) is 0 Å². The van der Waals surface area contributed by atoms with Gasteiger partial charge in [0.05, 0.1) is 13.0 Å². The number of thiazole rings is 1. The van der Waals surface area contributed by atoms with Gasteiger partial charge in [0, 0.05) is 24.2 Å². The van der Waals surface area contributed by atoms with E-state index in [4.69, 9.17) is 4.52 Å². The van der Waals surface area contributed by atoms with Crippen LogP contribution in [0.1, 0.15) is 28.8 Å². The molecule has 3 rings (SSSR count). The molecule has 6 nitrogen and oxygen atoms in total. The Bertz CT molecular complexity index is 544. The van der Waals surface area contributed by atoms with Crippen LogP contribution in [0.15, 0.2) is 9.90 Å². The summed E-state index contributed by atoms with van der Waals surface area (Å²) in [6.07, 6.45) is 1.82. The van der Waals surface area contributed by atoms with Crippen LogP contribution in [-0.2, 0) is 13.0 Å². The van der Waals surface area contributed by atoms with Crippen molar-refractivity contribution >= 4 is 11.3 Å². The Morgan fingerprint density at radius 1 is 1.35 bits per heavy atom. The maximum absolute atomic E-state index is 5.34. The van der Waals surface area contributed by atoms with Crippen LogP contribution in [0.2, 0.25) is 0 Å². The van der Waals surface area contributed by atoms with Crippen LogP contribution in [0.4, 0.5) is 0 Å². The Kier molecular flexibility index (Phi) is 4.39. The highest BCUT2D eigenvalue weighted by Crippen LogP contribution is 2.13. The van der Waals surface area contributed by atoms with Crippen LogP contribution in [0.25, 0.3) is 0 Å². The van der Waals surface area contributed by atoms with Crippen LogP contribution >= 0.6 is 11.3 Å². The van der Waals surface area contributed by atoms with E-state index in [9.17, 15) is 0 Å². The third-order valence-corrected chi connectivity index (χ3v) is 4.24. The minimum Gasteiger partial charge on any atom is -0.338 e. The van der Waals surface area contributed by atoms with Gasteiger partial charge in [-0.25, -0.2) is 4.98 Å². The first kappa shape index (κ1) is 13.7. The number of hydrogen-bond acceptors (Lipinski definition) is 7. The lowest BCUT2D eigenvalue weighted by molar-refractivity contribution is 0.238. The first-order valence-corrected chi connectivity index (χ1v) is 7.83. The third kappa shape index (κ3) is 3.62. The number of hydrogen-bond donors (Lipinski definition) is 1. The molecule has 1 aliphatic heterocycles. The Hall–Kier alpha value is -1.31. The third-order valence-electron chi connectivity index (χ3n) is 3.28. The van der Waals surface area contributed by atoms with Gasteiger partial charge in [0.1, 0.15) is 5.01 Å². The average Bonchev–Trinajstić information content (AvgIpc) is 2.94. The minimum atomic E-state index is 0.656. The van der Waals surface area contributed by atoms with Gasteiger partial charge in [-0.2, -0.15) is 4.98 Å². The van der Waals surface area contributed by atoms with Crippen molar-refractivity contribution in [1.29, 1.82) is 0 Å². The molecule has 0 saturated carbocycles.